The lowest BCUT2D eigenvalue weighted by Crippen LogP contribution is -2.52. The monoisotopic (exact) mass is 306 g/mol. The third-order valence-corrected chi connectivity index (χ3v) is 3.68. The zero-order chi connectivity index (χ0) is 16.2. The van der Waals surface area contributed by atoms with E-state index in [-0.39, 0.29) is 5.91 Å². The van der Waals surface area contributed by atoms with Crippen molar-refractivity contribution in [2.75, 3.05) is 33.3 Å². The van der Waals surface area contributed by atoms with E-state index >= 15 is 0 Å². The molecule has 1 saturated heterocycles. The average molecular weight is 306 g/mol. The zero-order valence-corrected chi connectivity index (χ0v) is 13.7. The van der Waals surface area contributed by atoms with E-state index in [1.54, 1.807) is 25.8 Å². The Morgan fingerprint density at radius 3 is 2.73 bits per heavy atom. The van der Waals surface area contributed by atoms with Crippen molar-refractivity contribution in [3.8, 4) is 0 Å². The first-order valence-electron chi connectivity index (χ1n) is 7.70. The third kappa shape index (κ3) is 5.09. The number of carbonyl (C=O) groups is 1. The van der Waals surface area contributed by atoms with Gasteiger partial charge >= 0.3 is 0 Å². The van der Waals surface area contributed by atoms with E-state index in [9.17, 15) is 9.90 Å². The van der Waals surface area contributed by atoms with E-state index in [1.165, 1.54) is 5.56 Å². The molecule has 0 aliphatic carbocycles. The maximum Gasteiger partial charge on any atom is 0.252 e. The number of nitrogens with zero attached hydrogens (tertiary/aromatic N) is 2. The van der Waals surface area contributed by atoms with Crippen molar-refractivity contribution in [3.63, 3.8) is 0 Å². The molecular weight excluding hydrogens is 280 g/mol. The average Bonchev–Trinajstić information content (AvgIpc) is 2.46. The van der Waals surface area contributed by atoms with E-state index < -0.39 is 11.7 Å². The van der Waals surface area contributed by atoms with Crippen LogP contribution in [0.15, 0.2) is 30.3 Å². The summed E-state index contributed by atoms with van der Waals surface area (Å²) in [6.45, 7) is 6.48. The van der Waals surface area contributed by atoms with Gasteiger partial charge in [-0.25, -0.2) is 0 Å². The number of amides is 1. The standard InChI is InChI=1S/C17H26N2O3/c1-17(2,21)13-18(3)16(20)15-12-19(9-10-22-15)11-14-7-5-4-6-8-14/h4-8,15,21H,9-13H2,1-3H3. The smallest absolute Gasteiger partial charge is 0.252 e. The van der Waals surface area contributed by atoms with Gasteiger partial charge in [-0.1, -0.05) is 30.3 Å². The lowest BCUT2D eigenvalue weighted by Gasteiger charge is -2.35. The molecule has 1 atom stereocenters. The predicted octanol–water partition coefficient (Wildman–Crippen LogP) is 1.12. The number of rotatable bonds is 5. The highest BCUT2D eigenvalue weighted by molar-refractivity contribution is 5.81. The Labute approximate surface area is 132 Å². The summed E-state index contributed by atoms with van der Waals surface area (Å²) < 4.78 is 5.63. The molecule has 1 aromatic rings. The van der Waals surface area contributed by atoms with Gasteiger partial charge in [-0.2, -0.15) is 0 Å². The summed E-state index contributed by atoms with van der Waals surface area (Å²) in [5.41, 5.74) is 0.337. The fourth-order valence-corrected chi connectivity index (χ4v) is 2.74. The number of morpholine rings is 1. The molecule has 1 aliphatic heterocycles. The zero-order valence-electron chi connectivity index (χ0n) is 13.7. The first-order valence-corrected chi connectivity index (χ1v) is 7.70. The van der Waals surface area contributed by atoms with Gasteiger partial charge in [0.2, 0.25) is 0 Å². The Kier molecular flexibility index (Phi) is 5.56. The first kappa shape index (κ1) is 16.9. The normalized spacial score (nSPS) is 19.9. The van der Waals surface area contributed by atoms with Gasteiger partial charge in [0.05, 0.1) is 12.2 Å². The van der Waals surface area contributed by atoms with Crippen molar-refractivity contribution < 1.29 is 14.6 Å². The lowest BCUT2D eigenvalue weighted by molar-refractivity contribution is -0.150. The van der Waals surface area contributed by atoms with Crippen molar-refractivity contribution in [3.05, 3.63) is 35.9 Å². The van der Waals surface area contributed by atoms with Crippen LogP contribution in [0.3, 0.4) is 0 Å². The number of likely N-dealkylation sites (N-methyl/N-ethyl adjacent to an activating group) is 1. The molecule has 5 nitrogen and oxygen atoms in total. The molecule has 0 bridgehead atoms. The molecule has 1 fully saturated rings. The fraction of sp³-hybridized carbons (Fsp3) is 0.588. The van der Waals surface area contributed by atoms with Crippen LogP contribution < -0.4 is 0 Å². The maximum absolute atomic E-state index is 12.4. The number of carbonyl (C=O) groups excluding carboxylic acids is 1. The van der Waals surface area contributed by atoms with E-state index in [1.807, 2.05) is 18.2 Å². The second-order valence-electron chi connectivity index (χ2n) is 6.59. The number of hydrogen-bond donors (Lipinski definition) is 1. The first-order chi connectivity index (χ1) is 10.3. The van der Waals surface area contributed by atoms with Crippen molar-refractivity contribution >= 4 is 5.91 Å². The van der Waals surface area contributed by atoms with Crippen LogP contribution in [-0.2, 0) is 16.1 Å². The molecule has 1 N–H and O–H groups in total. The fourth-order valence-electron chi connectivity index (χ4n) is 2.74. The number of ether oxygens (including phenoxy) is 1. The second-order valence-corrected chi connectivity index (χ2v) is 6.59. The van der Waals surface area contributed by atoms with Crippen molar-refractivity contribution in [2.45, 2.75) is 32.1 Å². The molecule has 2 rings (SSSR count). The highest BCUT2D eigenvalue weighted by Gasteiger charge is 2.30. The Balaban J connectivity index is 1.91. The van der Waals surface area contributed by atoms with E-state index in [0.29, 0.717) is 19.7 Å². The van der Waals surface area contributed by atoms with Gasteiger partial charge in [0.1, 0.15) is 6.10 Å². The second kappa shape index (κ2) is 7.22. The topological polar surface area (TPSA) is 53.0 Å². The van der Waals surface area contributed by atoms with Crippen LogP contribution in [0.5, 0.6) is 0 Å². The molecule has 22 heavy (non-hydrogen) atoms. The minimum absolute atomic E-state index is 0.0695. The highest BCUT2D eigenvalue weighted by Crippen LogP contribution is 2.13. The van der Waals surface area contributed by atoms with Gasteiger partial charge in [0.25, 0.3) is 5.91 Å². The Morgan fingerprint density at radius 1 is 1.41 bits per heavy atom. The SMILES string of the molecule is CN(CC(C)(C)O)C(=O)C1CN(Cc2ccccc2)CCO1. The minimum atomic E-state index is -0.900. The van der Waals surface area contributed by atoms with Crippen LogP contribution in [0.2, 0.25) is 0 Å². The highest BCUT2D eigenvalue weighted by atomic mass is 16.5. The molecule has 1 unspecified atom stereocenters. The van der Waals surface area contributed by atoms with E-state index in [4.69, 9.17) is 4.74 Å². The molecule has 1 heterocycles. The third-order valence-electron chi connectivity index (χ3n) is 3.68. The van der Waals surface area contributed by atoms with Gasteiger partial charge < -0.3 is 14.7 Å². The molecule has 1 aliphatic rings. The molecule has 0 radical (unpaired) electrons. The molecule has 122 valence electrons. The van der Waals surface area contributed by atoms with Crippen LogP contribution in [0.4, 0.5) is 0 Å². The summed E-state index contributed by atoms with van der Waals surface area (Å²) in [5.74, 6) is -0.0695. The van der Waals surface area contributed by atoms with Gasteiger partial charge in [-0.15, -0.1) is 0 Å². The quantitative estimate of drug-likeness (QED) is 0.886. The molecule has 0 saturated carbocycles. The van der Waals surface area contributed by atoms with Crippen LogP contribution in [0, 0.1) is 0 Å². The lowest BCUT2D eigenvalue weighted by atomic mass is 10.1. The van der Waals surface area contributed by atoms with Crippen LogP contribution in [0.25, 0.3) is 0 Å². The summed E-state index contributed by atoms with van der Waals surface area (Å²) in [6.07, 6.45) is -0.454. The van der Waals surface area contributed by atoms with Gasteiger partial charge in [-0.3, -0.25) is 9.69 Å². The van der Waals surface area contributed by atoms with Gasteiger partial charge in [0.15, 0.2) is 0 Å². The van der Waals surface area contributed by atoms with E-state index in [0.717, 1.165) is 13.1 Å². The summed E-state index contributed by atoms with van der Waals surface area (Å²) in [4.78, 5) is 16.2. The maximum atomic E-state index is 12.4. The van der Waals surface area contributed by atoms with E-state index in [2.05, 4.69) is 17.0 Å². The minimum Gasteiger partial charge on any atom is -0.389 e. The molecule has 1 amide bonds. The summed E-state index contributed by atoms with van der Waals surface area (Å²) >= 11 is 0. The van der Waals surface area contributed by atoms with Crippen LogP contribution in [-0.4, -0.2) is 65.8 Å². The van der Waals surface area contributed by atoms with Crippen molar-refractivity contribution in [1.29, 1.82) is 0 Å². The number of benzene rings is 1. The van der Waals surface area contributed by atoms with Crippen molar-refractivity contribution in [2.24, 2.45) is 0 Å². The number of aliphatic hydroxyl groups is 1. The summed E-state index contributed by atoms with van der Waals surface area (Å²) in [6, 6.07) is 10.2. The molecule has 0 spiro atoms. The van der Waals surface area contributed by atoms with Crippen molar-refractivity contribution in [1.82, 2.24) is 9.80 Å². The Morgan fingerprint density at radius 2 is 2.09 bits per heavy atom. The molecular formula is C17H26N2O3. The van der Waals surface area contributed by atoms with Crippen LogP contribution in [0.1, 0.15) is 19.4 Å². The molecule has 0 aromatic heterocycles. The molecule has 5 heteroatoms. The van der Waals surface area contributed by atoms with Gasteiger partial charge in [-0.05, 0) is 19.4 Å². The molecule has 1 aromatic carbocycles. The van der Waals surface area contributed by atoms with Crippen LogP contribution >= 0.6 is 0 Å². The summed E-state index contributed by atoms with van der Waals surface area (Å²) in [7, 11) is 1.71. The predicted molar refractivity (Wildman–Crippen MR) is 85.4 cm³/mol. The Hall–Kier alpha value is -1.43. The number of hydrogen-bond acceptors (Lipinski definition) is 4. The summed E-state index contributed by atoms with van der Waals surface area (Å²) in [5, 5.41) is 9.84. The van der Waals surface area contributed by atoms with Gasteiger partial charge in [0, 0.05) is 33.2 Å². The largest absolute Gasteiger partial charge is 0.389 e. The Bertz CT molecular complexity index is 484.